The third-order valence-electron chi connectivity index (χ3n) is 5.32. The van der Waals surface area contributed by atoms with Crippen molar-refractivity contribution in [2.75, 3.05) is 13.1 Å². The van der Waals surface area contributed by atoms with Gasteiger partial charge in [-0.05, 0) is 42.2 Å². The first-order valence-corrected chi connectivity index (χ1v) is 9.18. The zero-order valence-electron chi connectivity index (χ0n) is 14.6. The Hall–Kier alpha value is -1.35. The van der Waals surface area contributed by atoms with Crippen LogP contribution in [0.4, 0.5) is 0 Å². The van der Waals surface area contributed by atoms with Crippen LogP contribution in [0.2, 0.25) is 0 Å². The van der Waals surface area contributed by atoms with Crippen LogP contribution in [0.5, 0.6) is 0 Å². The van der Waals surface area contributed by atoms with E-state index >= 15 is 0 Å². The van der Waals surface area contributed by atoms with Crippen molar-refractivity contribution in [3.63, 3.8) is 0 Å². The summed E-state index contributed by atoms with van der Waals surface area (Å²) in [6.45, 7) is 8.84. The predicted octanol–water partition coefficient (Wildman–Crippen LogP) is 3.58. The average molecular weight is 314 g/mol. The fourth-order valence-electron chi connectivity index (χ4n) is 3.95. The van der Waals surface area contributed by atoms with Gasteiger partial charge in [0.2, 0.25) is 5.91 Å². The van der Waals surface area contributed by atoms with Gasteiger partial charge in [-0.1, -0.05) is 44.5 Å². The molecule has 3 rings (SSSR count). The monoisotopic (exact) mass is 314 g/mol. The molecular formula is C20H30N2O. The fourth-order valence-corrected chi connectivity index (χ4v) is 3.95. The lowest BCUT2D eigenvalue weighted by molar-refractivity contribution is -0.127. The topological polar surface area (TPSA) is 32.3 Å². The molecular weight excluding hydrogens is 284 g/mol. The zero-order chi connectivity index (χ0) is 16.2. The maximum absolute atomic E-state index is 11.9. The van der Waals surface area contributed by atoms with Crippen molar-refractivity contribution in [3.05, 3.63) is 35.4 Å². The summed E-state index contributed by atoms with van der Waals surface area (Å²) in [4.78, 5) is 14.4. The van der Waals surface area contributed by atoms with Gasteiger partial charge in [-0.3, -0.25) is 9.69 Å². The molecule has 0 radical (unpaired) electrons. The van der Waals surface area contributed by atoms with E-state index in [2.05, 4.69) is 48.3 Å². The highest BCUT2D eigenvalue weighted by atomic mass is 16.1. The van der Waals surface area contributed by atoms with Crippen LogP contribution in [0.15, 0.2) is 24.3 Å². The van der Waals surface area contributed by atoms with Gasteiger partial charge in [0, 0.05) is 32.1 Å². The van der Waals surface area contributed by atoms with Crippen molar-refractivity contribution in [1.82, 2.24) is 10.2 Å². The van der Waals surface area contributed by atoms with Crippen LogP contribution in [0.25, 0.3) is 0 Å². The number of amides is 1. The fraction of sp³-hybridized carbons (Fsp3) is 0.650. The second-order valence-electron chi connectivity index (χ2n) is 7.80. The maximum atomic E-state index is 11.9. The Morgan fingerprint density at radius 1 is 1.09 bits per heavy atom. The molecule has 1 saturated heterocycles. The Balaban J connectivity index is 1.47. The van der Waals surface area contributed by atoms with E-state index in [1.54, 1.807) is 0 Å². The van der Waals surface area contributed by atoms with Crippen molar-refractivity contribution < 1.29 is 4.79 Å². The lowest BCUT2D eigenvalue weighted by atomic mass is 9.85. The highest BCUT2D eigenvalue weighted by molar-refractivity contribution is 5.79. The van der Waals surface area contributed by atoms with E-state index < -0.39 is 0 Å². The number of rotatable bonds is 5. The standard InChI is InChI=1S/C20H30N2O/c1-15-10-16(2)13-22(12-15)14-18-8-6-17(7-9-18)11-21-20(23)19-4-3-5-19/h6-9,15-16,19H,3-5,10-14H2,1-2H3,(H,21,23). The number of nitrogens with zero attached hydrogens (tertiary/aromatic N) is 1. The van der Waals surface area contributed by atoms with Crippen molar-refractivity contribution in [1.29, 1.82) is 0 Å². The molecule has 2 atom stereocenters. The summed E-state index contributed by atoms with van der Waals surface area (Å²) in [5.41, 5.74) is 2.57. The number of carbonyl (C=O) groups is 1. The largest absolute Gasteiger partial charge is 0.352 e. The molecule has 1 aliphatic heterocycles. The summed E-state index contributed by atoms with van der Waals surface area (Å²) in [6, 6.07) is 8.75. The Morgan fingerprint density at radius 3 is 2.26 bits per heavy atom. The number of hydrogen-bond acceptors (Lipinski definition) is 2. The van der Waals surface area contributed by atoms with Gasteiger partial charge in [0.1, 0.15) is 0 Å². The Kier molecular flexibility index (Phi) is 5.37. The molecule has 1 heterocycles. The number of piperidine rings is 1. The van der Waals surface area contributed by atoms with E-state index in [1.165, 1.54) is 37.1 Å². The van der Waals surface area contributed by atoms with Gasteiger partial charge < -0.3 is 5.32 Å². The van der Waals surface area contributed by atoms with Gasteiger partial charge in [-0.15, -0.1) is 0 Å². The molecule has 3 heteroatoms. The molecule has 2 fully saturated rings. The molecule has 0 spiro atoms. The number of likely N-dealkylation sites (tertiary alicyclic amines) is 1. The van der Waals surface area contributed by atoms with Crippen LogP contribution in [-0.4, -0.2) is 23.9 Å². The number of hydrogen-bond donors (Lipinski definition) is 1. The Morgan fingerprint density at radius 2 is 1.70 bits per heavy atom. The summed E-state index contributed by atoms with van der Waals surface area (Å²) in [5, 5.41) is 3.06. The smallest absolute Gasteiger partial charge is 0.223 e. The predicted molar refractivity (Wildman–Crippen MR) is 93.9 cm³/mol. The Labute approximate surface area is 140 Å². The first kappa shape index (κ1) is 16.5. The molecule has 0 aromatic heterocycles. The summed E-state index contributed by atoms with van der Waals surface area (Å²) in [6.07, 6.45) is 4.70. The Bertz CT molecular complexity index is 511. The van der Waals surface area contributed by atoms with E-state index in [1.807, 2.05) is 0 Å². The first-order chi connectivity index (χ1) is 11.1. The van der Waals surface area contributed by atoms with Gasteiger partial charge in [-0.25, -0.2) is 0 Å². The summed E-state index contributed by atoms with van der Waals surface area (Å²) >= 11 is 0. The summed E-state index contributed by atoms with van der Waals surface area (Å²) in [7, 11) is 0. The zero-order valence-corrected chi connectivity index (χ0v) is 14.6. The van der Waals surface area contributed by atoms with Crippen molar-refractivity contribution >= 4 is 5.91 Å². The van der Waals surface area contributed by atoms with Crippen LogP contribution in [0.3, 0.4) is 0 Å². The molecule has 23 heavy (non-hydrogen) atoms. The lowest BCUT2D eigenvalue weighted by Gasteiger charge is -2.35. The molecule has 1 saturated carbocycles. The van der Waals surface area contributed by atoms with Crippen molar-refractivity contribution in [2.24, 2.45) is 17.8 Å². The SMILES string of the molecule is CC1CC(C)CN(Cc2ccc(CNC(=O)C3CCC3)cc2)C1. The quantitative estimate of drug-likeness (QED) is 0.901. The molecule has 1 N–H and O–H groups in total. The molecule has 1 aromatic carbocycles. The maximum Gasteiger partial charge on any atom is 0.223 e. The normalized spacial score (nSPS) is 25.8. The average Bonchev–Trinajstić information content (AvgIpc) is 2.43. The molecule has 3 nitrogen and oxygen atoms in total. The lowest BCUT2D eigenvalue weighted by Crippen LogP contribution is -2.38. The van der Waals surface area contributed by atoms with Crippen molar-refractivity contribution in [2.45, 2.75) is 52.6 Å². The van der Waals surface area contributed by atoms with E-state index in [0.29, 0.717) is 6.54 Å². The minimum absolute atomic E-state index is 0.233. The molecule has 2 unspecified atom stereocenters. The van der Waals surface area contributed by atoms with Gasteiger partial charge in [0.15, 0.2) is 0 Å². The van der Waals surface area contributed by atoms with Crippen LogP contribution in [0.1, 0.15) is 50.7 Å². The first-order valence-electron chi connectivity index (χ1n) is 9.18. The van der Waals surface area contributed by atoms with Crippen LogP contribution < -0.4 is 5.32 Å². The van der Waals surface area contributed by atoms with Crippen molar-refractivity contribution in [3.8, 4) is 0 Å². The number of carbonyl (C=O) groups excluding carboxylic acids is 1. The van der Waals surface area contributed by atoms with E-state index in [4.69, 9.17) is 0 Å². The van der Waals surface area contributed by atoms with Crippen LogP contribution >= 0.6 is 0 Å². The highest BCUT2D eigenvalue weighted by Gasteiger charge is 2.24. The van der Waals surface area contributed by atoms with Crippen LogP contribution in [0, 0.1) is 17.8 Å². The van der Waals surface area contributed by atoms with E-state index in [-0.39, 0.29) is 11.8 Å². The van der Waals surface area contributed by atoms with Crippen LogP contribution in [-0.2, 0) is 17.9 Å². The third-order valence-corrected chi connectivity index (χ3v) is 5.32. The molecule has 126 valence electrons. The van der Waals surface area contributed by atoms with Gasteiger partial charge in [-0.2, -0.15) is 0 Å². The second kappa shape index (κ2) is 7.48. The minimum atomic E-state index is 0.233. The summed E-state index contributed by atoms with van der Waals surface area (Å²) in [5.74, 6) is 2.12. The van der Waals surface area contributed by atoms with Gasteiger partial charge in [0.05, 0.1) is 0 Å². The minimum Gasteiger partial charge on any atom is -0.352 e. The second-order valence-corrected chi connectivity index (χ2v) is 7.80. The molecule has 1 aromatic rings. The molecule has 1 aliphatic carbocycles. The highest BCUT2D eigenvalue weighted by Crippen LogP contribution is 2.26. The van der Waals surface area contributed by atoms with E-state index in [9.17, 15) is 4.79 Å². The van der Waals surface area contributed by atoms with Gasteiger partial charge >= 0.3 is 0 Å². The summed E-state index contributed by atoms with van der Waals surface area (Å²) < 4.78 is 0. The molecule has 2 aliphatic rings. The molecule has 0 bridgehead atoms. The van der Waals surface area contributed by atoms with E-state index in [0.717, 1.165) is 31.2 Å². The third kappa shape index (κ3) is 4.57. The van der Waals surface area contributed by atoms with Gasteiger partial charge in [0.25, 0.3) is 0 Å². The molecule has 1 amide bonds. The number of benzene rings is 1. The number of nitrogens with one attached hydrogen (secondary N) is 1.